The molecule has 1 aliphatic rings. The average Bonchev–Trinajstić information content (AvgIpc) is 3.72. The fourth-order valence-electron chi connectivity index (χ4n) is 7.84. The molecule has 0 bridgehead atoms. The van der Waals surface area contributed by atoms with E-state index in [2.05, 4.69) is 36.6 Å². The molecule has 8 nitrogen and oxygen atoms in total. The van der Waals surface area contributed by atoms with Crippen LogP contribution in [0.3, 0.4) is 0 Å². The minimum Gasteiger partial charge on any atom is -0.307 e. The monoisotopic (exact) mass is 696 g/mol. The SMILES string of the molecule is O=C1c2cccc(-n3c4c(-c5cncnc5)cccc4c4cccc(-c5cncnc5)c43)c2C(=O)N1c1c(-c2ccccc2)cccc1-c1ccccc1. The molecule has 10 rings (SSSR count). The first-order valence-corrected chi connectivity index (χ1v) is 17.5. The van der Waals surface area contributed by atoms with Crippen molar-refractivity contribution < 1.29 is 9.59 Å². The highest BCUT2D eigenvalue weighted by Crippen LogP contribution is 2.46. The molecule has 0 N–H and O–H groups in total. The van der Waals surface area contributed by atoms with Crippen LogP contribution in [0.2, 0.25) is 0 Å². The van der Waals surface area contributed by atoms with Gasteiger partial charge >= 0.3 is 0 Å². The summed E-state index contributed by atoms with van der Waals surface area (Å²) in [6, 6.07) is 43.4. The van der Waals surface area contributed by atoms with Gasteiger partial charge in [0.05, 0.1) is 33.5 Å². The maximum Gasteiger partial charge on any atom is 0.268 e. The van der Waals surface area contributed by atoms with Crippen LogP contribution in [0.5, 0.6) is 0 Å². The molecule has 254 valence electrons. The Morgan fingerprint density at radius 3 is 1.35 bits per heavy atom. The van der Waals surface area contributed by atoms with Crippen molar-refractivity contribution in [1.82, 2.24) is 24.5 Å². The van der Waals surface area contributed by atoms with Gasteiger partial charge in [-0.1, -0.05) is 121 Å². The molecular weight excluding hydrogens is 669 g/mol. The highest BCUT2D eigenvalue weighted by atomic mass is 16.2. The van der Waals surface area contributed by atoms with Crippen molar-refractivity contribution in [2.75, 3.05) is 4.90 Å². The van der Waals surface area contributed by atoms with E-state index in [9.17, 15) is 4.79 Å². The van der Waals surface area contributed by atoms with Gasteiger partial charge in [-0.2, -0.15) is 0 Å². The van der Waals surface area contributed by atoms with E-state index in [4.69, 9.17) is 0 Å². The molecule has 0 saturated carbocycles. The van der Waals surface area contributed by atoms with Crippen molar-refractivity contribution in [3.63, 3.8) is 0 Å². The van der Waals surface area contributed by atoms with Crippen LogP contribution < -0.4 is 4.90 Å². The van der Waals surface area contributed by atoms with Crippen molar-refractivity contribution in [2.45, 2.75) is 0 Å². The molecule has 54 heavy (non-hydrogen) atoms. The fourth-order valence-corrected chi connectivity index (χ4v) is 7.84. The summed E-state index contributed by atoms with van der Waals surface area (Å²) in [5.74, 6) is -0.784. The quantitative estimate of drug-likeness (QED) is 0.161. The Balaban J connectivity index is 1.28. The minimum absolute atomic E-state index is 0.321. The van der Waals surface area contributed by atoms with Gasteiger partial charge in [0.25, 0.3) is 11.8 Å². The maximum absolute atomic E-state index is 15.3. The summed E-state index contributed by atoms with van der Waals surface area (Å²) < 4.78 is 2.12. The molecule has 0 fully saturated rings. The van der Waals surface area contributed by atoms with Crippen molar-refractivity contribution >= 4 is 39.3 Å². The van der Waals surface area contributed by atoms with E-state index in [1.807, 2.05) is 115 Å². The largest absolute Gasteiger partial charge is 0.307 e. The Hall–Kier alpha value is -7.58. The summed E-state index contributed by atoms with van der Waals surface area (Å²) >= 11 is 0. The molecule has 0 unspecified atom stereocenters. The molecule has 6 aromatic carbocycles. The van der Waals surface area contributed by atoms with Crippen LogP contribution in [0.4, 0.5) is 5.69 Å². The molecular formula is C46H28N6O2. The smallest absolute Gasteiger partial charge is 0.268 e. The lowest BCUT2D eigenvalue weighted by Gasteiger charge is -2.23. The second-order valence-electron chi connectivity index (χ2n) is 13.1. The predicted molar refractivity (Wildman–Crippen MR) is 211 cm³/mol. The van der Waals surface area contributed by atoms with Crippen LogP contribution in [0, 0.1) is 0 Å². The first kappa shape index (κ1) is 31.2. The standard InChI is InChI=1S/C46H28N6O2/c53-45-39-21-10-22-40(41(39)46(54)52(45)42-33(29-11-3-1-4-12-29)15-7-16-34(42)30-13-5-2-6-14-30)51-43-35(31-23-47-27-48-24-31)17-8-19-37(43)38-20-9-18-36(44(38)51)32-25-49-28-50-26-32/h1-28H. The topological polar surface area (TPSA) is 93.9 Å². The molecule has 0 radical (unpaired) electrons. The molecule has 0 saturated heterocycles. The number of hydrogen-bond acceptors (Lipinski definition) is 6. The minimum atomic E-state index is -0.401. The highest BCUT2D eigenvalue weighted by molar-refractivity contribution is 6.37. The number of anilines is 1. The van der Waals surface area contributed by atoms with Crippen LogP contribution >= 0.6 is 0 Å². The Morgan fingerprint density at radius 1 is 0.389 bits per heavy atom. The normalized spacial score (nSPS) is 12.5. The molecule has 4 heterocycles. The number of amides is 2. The van der Waals surface area contributed by atoms with E-state index in [-0.39, 0.29) is 5.91 Å². The van der Waals surface area contributed by atoms with E-state index in [1.54, 1.807) is 30.9 Å². The van der Waals surface area contributed by atoms with Gasteiger partial charge in [0, 0.05) is 68.9 Å². The summed E-state index contributed by atoms with van der Waals surface area (Å²) in [6.07, 6.45) is 10.2. The molecule has 9 aromatic rings. The molecule has 2 amide bonds. The lowest BCUT2D eigenvalue weighted by atomic mass is 9.95. The summed E-state index contributed by atoms with van der Waals surface area (Å²) in [7, 11) is 0. The van der Waals surface area contributed by atoms with Crippen molar-refractivity contribution in [2.24, 2.45) is 0 Å². The molecule has 8 heteroatoms. The Bertz CT molecular complexity index is 2760. The van der Waals surface area contributed by atoms with E-state index in [0.29, 0.717) is 22.5 Å². The zero-order chi connectivity index (χ0) is 36.2. The highest BCUT2D eigenvalue weighted by Gasteiger charge is 2.41. The van der Waals surface area contributed by atoms with Crippen LogP contribution in [0.1, 0.15) is 20.7 Å². The van der Waals surface area contributed by atoms with E-state index < -0.39 is 5.91 Å². The van der Waals surface area contributed by atoms with Gasteiger partial charge in [0.15, 0.2) is 0 Å². The maximum atomic E-state index is 15.3. The number of imide groups is 1. The molecule has 0 spiro atoms. The number of carbonyl (C=O) groups excluding carboxylic acids is 2. The van der Waals surface area contributed by atoms with Gasteiger partial charge in [-0.05, 0) is 23.3 Å². The van der Waals surface area contributed by atoms with Gasteiger partial charge in [-0.3, -0.25) is 9.59 Å². The van der Waals surface area contributed by atoms with Crippen molar-refractivity contribution in [1.29, 1.82) is 0 Å². The third-order valence-electron chi connectivity index (χ3n) is 10.1. The summed E-state index contributed by atoms with van der Waals surface area (Å²) in [5, 5.41) is 1.94. The predicted octanol–water partition coefficient (Wildman–Crippen LogP) is 9.83. The van der Waals surface area contributed by atoms with Gasteiger partial charge in [0.2, 0.25) is 0 Å². The van der Waals surface area contributed by atoms with Crippen LogP contribution in [-0.4, -0.2) is 36.3 Å². The third kappa shape index (κ3) is 4.78. The number of carbonyl (C=O) groups is 2. The van der Waals surface area contributed by atoms with E-state index in [0.717, 1.165) is 66.3 Å². The third-order valence-corrected chi connectivity index (χ3v) is 10.1. The van der Waals surface area contributed by atoms with Gasteiger partial charge in [-0.25, -0.2) is 24.8 Å². The Kier molecular flexibility index (Phi) is 7.26. The zero-order valence-electron chi connectivity index (χ0n) is 28.7. The Labute approximate surface area is 309 Å². The molecule has 0 atom stereocenters. The van der Waals surface area contributed by atoms with E-state index in [1.165, 1.54) is 17.6 Å². The van der Waals surface area contributed by atoms with Crippen LogP contribution in [0.25, 0.3) is 72.0 Å². The van der Waals surface area contributed by atoms with Crippen LogP contribution in [0.15, 0.2) is 171 Å². The molecule has 1 aliphatic heterocycles. The molecule has 3 aromatic heterocycles. The first-order chi connectivity index (χ1) is 26.7. The fraction of sp³-hybridized carbons (Fsp3) is 0. The number of para-hydroxylation sites is 3. The van der Waals surface area contributed by atoms with Crippen molar-refractivity contribution in [3.8, 4) is 50.2 Å². The number of hydrogen-bond donors (Lipinski definition) is 0. The second-order valence-corrected chi connectivity index (χ2v) is 13.1. The average molecular weight is 697 g/mol. The number of nitrogens with zero attached hydrogens (tertiary/aromatic N) is 6. The lowest BCUT2D eigenvalue weighted by molar-refractivity contribution is 0.0926. The Morgan fingerprint density at radius 2 is 0.833 bits per heavy atom. The lowest BCUT2D eigenvalue weighted by Crippen LogP contribution is -2.30. The first-order valence-electron chi connectivity index (χ1n) is 17.5. The number of aromatic nitrogens is 5. The summed E-state index contributed by atoms with van der Waals surface area (Å²) in [4.78, 5) is 48.9. The zero-order valence-corrected chi connectivity index (χ0v) is 28.7. The number of benzene rings is 6. The van der Waals surface area contributed by atoms with E-state index >= 15 is 4.79 Å². The summed E-state index contributed by atoms with van der Waals surface area (Å²) in [5.41, 5.74) is 10.2. The van der Waals surface area contributed by atoms with Gasteiger partial charge < -0.3 is 4.57 Å². The number of rotatable bonds is 6. The van der Waals surface area contributed by atoms with Crippen LogP contribution in [-0.2, 0) is 0 Å². The van der Waals surface area contributed by atoms with Gasteiger partial charge in [0.1, 0.15) is 12.7 Å². The number of fused-ring (bicyclic) bond motifs is 4. The second kappa shape index (κ2) is 12.6. The summed E-state index contributed by atoms with van der Waals surface area (Å²) in [6.45, 7) is 0. The molecule has 0 aliphatic carbocycles. The van der Waals surface area contributed by atoms with Gasteiger partial charge in [-0.15, -0.1) is 0 Å². The van der Waals surface area contributed by atoms with Crippen molar-refractivity contribution in [3.05, 3.63) is 182 Å².